The van der Waals surface area contributed by atoms with Crippen LogP contribution in [0, 0.1) is 5.82 Å². The number of nitrogen functional groups attached to an aromatic ring is 1. The molecule has 3 N–H and O–H groups in total. The summed E-state index contributed by atoms with van der Waals surface area (Å²) in [5.41, 5.74) is 8.26. The van der Waals surface area contributed by atoms with E-state index in [2.05, 4.69) is 20.4 Å². The standard InChI is InChI=1S/C18H15FN6/c19-14-3-1-2-12(6-14)9-25-10-13-7-15(4-5-16(13)24-25)23-18-8-17(20)21-11-22-18/h1-8,10-11H,9H2,(H3,20,21,22,23). The van der Waals surface area contributed by atoms with Crippen LogP contribution >= 0.6 is 0 Å². The topological polar surface area (TPSA) is 81.6 Å². The Morgan fingerprint density at radius 3 is 2.84 bits per heavy atom. The Balaban J connectivity index is 1.58. The predicted octanol–water partition coefficient (Wildman–Crippen LogP) is 3.34. The number of nitrogens with zero attached hydrogens (tertiary/aromatic N) is 4. The Labute approximate surface area is 143 Å². The lowest BCUT2D eigenvalue weighted by molar-refractivity contribution is 0.620. The van der Waals surface area contributed by atoms with Gasteiger partial charge in [0, 0.05) is 23.3 Å². The van der Waals surface area contributed by atoms with E-state index < -0.39 is 0 Å². The molecule has 2 aromatic heterocycles. The highest BCUT2D eigenvalue weighted by Crippen LogP contribution is 2.21. The van der Waals surface area contributed by atoms with Crippen molar-refractivity contribution in [2.24, 2.45) is 0 Å². The smallest absolute Gasteiger partial charge is 0.135 e. The maximum atomic E-state index is 13.3. The SMILES string of the molecule is Nc1cc(Nc2ccc3nn(Cc4cccc(F)c4)cc3c2)ncn1. The van der Waals surface area contributed by atoms with Crippen LogP contribution in [0.1, 0.15) is 5.56 Å². The number of fused-ring (bicyclic) bond motifs is 1. The predicted molar refractivity (Wildman–Crippen MR) is 95.0 cm³/mol. The number of hydrogen-bond acceptors (Lipinski definition) is 5. The fourth-order valence-electron chi connectivity index (χ4n) is 2.65. The lowest BCUT2D eigenvalue weighted by Gasteiger charge is -2.05. The molecule has 0 aliphatic rings. The van der Waals surface area contributed by atoms with Crippen molar-refractivity contribution in [2.75, 3.05) is 11.1 Å². The molecule has 0 aliphatic heterocycles. The Kier molecular flexibility index (Phi) is 3.74. The van der Waals surface area contributed by atoms with Crippen molar-refractivity contribution in [2.45, 2.75) is 6.54 Å². The molecule has 0 unspecified atom stereocenters. The quantitative estimate of drug-likeness (QED) is 0.598. The maximum Gasteiger partial charge on any atom is 0.135 e. The summed E-state index contributed by atoms with van der Waals surface area (Å²) in [7, 11) is 0. The van der Waals surface area contributed by atoms with Crippen molar-refractivity contribution in [1.82, 2.24) is 19.7 Å². The van der Waals surface area contributed by atoms with Gasteiger partial charge in [-0.25, -0.2) is 14.4 Å². The van der Waals surface area contributed by atoms with Gasteiger partial charge >= 0.3 is 0 Å². The summed E-state index contributed by atoms with van der Waals surface area (Å²) in [6.45, 7) is 0.512. The average molecular weight is 334 g/mol. The summed E-state index contributed by atoms with van der Waals surface area (Å²) in [6, 6.07) is 14.0. The third kappa shape index (κ3) is 3.40. The highest BCUT2D eigenvalue weighted by Gasteiger charge is 2.05. The van der Waals surface area contributed by atoms with E-state index in [1.807, 2.05) is 30.5 Å². The number of rotatable bonds is 4. The molecule has 7 heteroatoms. The van der Waals surface area contributed by atoms with Gasteiger partial charge < -0.3 is 11.1 Å². The Hall–Kier alpha value is -3.48. The van der Waals surface area contributed by atoms with Crippen molar-refractivity contribution < 1.29 is 4.39 Å². The van der Waals surface area contributed by atoms with Gasteiger partial charge in [0.15, 0.2) is 0 Å². The van der Waals surface area contributed by atoms with Crippen LogP contribution in [0.2, 0.25) is 0 Å². The van der Waals surface area contributed by atoms with Gasteiger partial charge in [-0.3, -0.25) is 4.68 Å². The zero-order valence-corrected chi connectivity index (χ0v) is 13.2. The molecule has 6 nitrogen and oxygen atoms in total. The lowest BCUT2D eigenvalue weighted by atomic mass is 10.2. The minimum Gasteiger partial charge on any atom is -0.384 e. The van der Waals surface area contributed by atoms with Crippen LogP contribution < -0.4 is 11.1 Å². The zero-order chi connectivity index (χ0) is 17.2. The van der Waals surface area contributed by atoms with Gasteiger partial charge in [-0.15, -0.1) is 0 Å². The van der Waals surface area contributed by atoms with Crippen molar-refractivity contribution in [3.63, 3.8) is 0 Å². The molecule has 0 bridgehead atoms. The van der Waals surface area contributed by atoms with Crippen molar-refractivity contribution in [3.05, 3.63) is 72.4 Å². The van der Waals surface area contributed by atoms with Crippen LogP contribution in [0.25, 0.3) is 10.9 Å². The number of halogens is 1. The van der Waals surface area contributed by atoms with Crippen LogP contribution in [0.4, 0.5) is 21.7 Å². The molecule has 0 radical (unpaired) electrons. The van der Waals surface area contributed by atoms with Crippen LogP contribution in [0.5, 0.6) is 0 Å². The Morgan fingerprint density at radius 1 is 1.08 bits per heavy atom. The summed E-state index contributed by atoms with van der Waals surface area (Å²) in [5.74, 6) is 0.783. The van der Waals surface area contributed by atoms with Crippen LogP contribution in [-0.2, 0) is 6.54 Å². The summed E-state index contributed by atoms with van der Waals surface area (Å²) in [5, 5.41) is 8.68. The maximum absolute atomic E-state index is 13.3. The first kappa shape index (κ1) is 15.1. The van der Waals surface area contributed by atoms with E-state index in [0.29, 0.717) is 18.2 Å². The van der Waals surface area contributed by atoms with Crippen molar-refractivity contribution >= 4 is 28.2 Å². The van der Waals surface area contributed by atoms with Gasteiger partial charge in [0.05, 0.1) is 12.1 Å². The zero-order valence-electron chi connectivity index (χ0n) is 13.2. The molecule has 2 heterocycles. The number of benzene rings is 2. The largest absolute Gasteiger partial charge is 0.384 e. The molecule has 25 heavy (non-hydrogen) atoms. The molecule has 0 saturated heterocycles. The van der Waals surface area contributed by atoms with Gasteiger partial charge in [-0.1, -0.05) is 12.1 Å². The fraction of sp³-hybridized carbons (Fsp3) is 0.0556. The molecular formula is C18H15FN6. The summed E-state index contributed by atoms with van der Waals surface area (Å²) in [6.07, 6.45) is 3.34. The van der Waals surface area contributed by atoms with E-state index in [1.165, 1.54) is 18.5 Å². The Bertz CT molecular complexity index is 997. The van der Waals surface area contributed by atoms with E-state index >= 15 is 0 Å². The van der Waals surface area contributed by atoms with Crippen LogP contribution in [-0.4, -0.2) is 19.7 Å². The molecule has 0 amide bonds. The number of aromatic nitrogens is 4. The van der Waals surface area contributed by atoms with Gasteiger partial charge in [-0.05, 0) is 35.9 Å². The van der Waals surface area contributed by atoms with E-state index in [0.717, 1.165) is 22.2 Å². The second-order valence-electron chi connectivity index (χ2n) is 5.68. The number of nitrogens with two attached hydrogens (primary N) is 1. The molecule has 0 atom stereocenters. The second kappa shape index (κ2) is 6.20. The van der Waals surface area contributed by atoms with Crippen LogP contribution in [0.15, 0.2) is 61.1 Å². The number of nitrogens with one attached hydrogen (secondary N) is 1. The molecule has 4 rings (SSSR count). The van der Waals surface area contributed by atoms with E-state index in [9.17, 15) is 4.39 Å². The highest BCUT2D eigenvalue weighted by molar-refractivity contribution is 5.83. The first-order chi connectivity index (χ1) is 12.2. The normalized spacial score (nSPS) is 10.9. The molecule has 124 valence electrons. The molecule has 2 aromatic carbocycles. The van der Waals surface area contributed by atoms with Gasteiger partial charge in [0.2, 0.25) is 0 Å². The van der Waals surface area contributed by atoms with E-state index in [-0.39, 0.29) is 5.82 Å². The average Bonchev–Trinajstić information content (AvgIpc) is 2.96. The number of hydrogen-bond donors (Lipinski definition) is 2. The van der Waals surface area contributed by atoms with Crippen molar-refractivity contribution in [3.8, 4) is 0 Å². The molecule has 0 spiro atoms. The van der Waals surface area contributed by atoms with E-state index in [1.54, 1.807) is 16.8 Å². The van der Waals surface area contributed by atoms with Gasteiger partial charge in [0.25, 0.3) is 0 Å². The lowest BCUT2D eigenvalue weighted by Crippen LogP contribution is -1.99. The van der Waals surface area contributed by atoms with Gasteiger partial charge in [0.1, 0.15) is 23.8 Å². The van der Waals surface area contributed by atoms with Crippen molar-refractivity contribution in [1.29, 1.82) is 0 Å². The Morgan fingerprint density at radius 2 is 2.00 bits per heavy atom. The third-order valence-electron chi connectivity index (χ3n) is 3.75. The number of anilines is 3. The molecular weight excluding hydrogens is 319 g/mol. The molecule has 4 aromatic rings. The molecule has 0 saturated carbocycles. The highest BCUT2D eigenvalue weighted by atomic mass is 19.1. The second-order valence-corrected chi connectivity index (χ2v) is 5.68. The monoisotopic (exact) mass is 334 g/mol. The minimum absolute atomic E-state index is 0.246. The molecule has 0 fully saturated rings. The first-order valence-corrected chi connectivity index (χ1v) is 7.72. The summed E-state index contributed by atoms with van der Waals surface area (Å²) in [4.78, 5) is 7.99. The van der Waals surface area contributed by atoms with Gasteiger partial charge in [-0.2, -0.15) is 5.10 Å². The van der Waals surface area contributed by atoms with E-state index in [4.69, 9.17) is 5.73 Å². The van der Waals surface area contributed by atoms with Crippen LogP contribution in [0.3, 0.4) is 0 Å². The summed E-state index contributed by atoms with van der Waals surface area (Å²) >= 11 is 0. The minimum atomic E-state index is -0.246. The third-order valence-corrected chi connectivity index (χ3v) is 3.75. The first-order valence-electron chi connectivity index (χ1n) is 7.72. The summed E-state index contributed by atoms with van der Waals surface area (Å²) < 4.78 is 15.1. The fourth-order valence-corrected chi connectivity index (χ4v) is 2.65. The molecule has 0 aliphatic carbocycles.